The Labute approximate surface area is 190 Å². The minimum atomic E-state index is -0.856. The highest BCUT2D eigenvalue weighted by molar-refractivity contribution is 5.84. The molecular formula is C27H33NO4. The summed E-state index contributed by atoms with van der Waals surface area (Å²) in [7, 11) is 0. The smallest absolute Gasteiger partial charge is 0.226 e. The standard InChI is InChI=1S/C27H33NO4/c1-6-7-11-22-18-23(32-27(4,5)20(3)29)14-15-25(22)30-17-16-24-19(2)31-26(28-24)21-12-9-8-10-13-21/h8-10,12-15,18H,6-7,11,16-17H2,1-5H3. The summed E-state index contributed by atoms with van der Waals surface area (Å²) < 4.78 is 17.9. The molecule has 0 N–H and O–H groups in total. The fourth-order valence-corrected chi connectivity index (χ4v) is 3.31. The second-order valence-corrected chi connectivity index (χ2v) is 8.53. The number of ether oxygens (including phenoxy) is 2. The molecule has 0 unspecified atom stereocenters. The Balaban J connectivity index is 1.69. The van der Waals surface area contributed by atoms with E-state index in [2.05, 4.69) is 11.9 Å². The van der Waals surface area contributed by atoms with Crippen molar-refractivity contribution in [2.45, 2.75) is 65.9 Å². The summed E-state index contributed by atoms with van der Waals surface area (Å²) in [6.45, 7) is 9.72. The normalized spacial score (nSPS) is 11.4. The van der Waals surface area contributed by atoms with Gasteiger partial charge in [-0.1, -0.05) is 31.5 Å². The molecule has 1 aromatic heterocycles. The van der Waals surface area contributed by atoms with Crippen LogP contribution in [0.2, 0.25) is 0 Å². The lowest BCUT2D eigenvalue weighted by Crippen LogP contribution is -2.36. The van der Waals surface area contributed by atoms with E-state index in [-0.39, 0.29) is 5.78 Å². The van der Waals surface area contributed by atoms with Gasteiger partial charge in [0, 0.05) is 12.0 Å². The molecule has 0 fully saturated rings. The maximum Gasteiger partial charge on any atom is 0.226 e. The highest BCUT2D eigenvalue weighted by atomic mass is 16.5. The molecule has 5 nitrogen and oxygen atoms in total. The van der Waals surface area contributed by atoms with E-state index < -0.39 is 5.60 Å². The van der Waals surface area contributed by atoms with Gasteiger partial charge in [-0.05, 0) is 76.4 Å². The van der Waals surface area contributed by atoms with E-state index in [4.69, 9.17) is 13.9 Å². The number of nitrogens with zero attached hydrogens (tertiary/aromatic N) is 1. The average Bonchev–Trinajstić information content (AvgIpc) is 3.14. The van der Waals surface area contributed by atoms with Gasteiger partial charge in [-0.2, -0.15) is 0 Å². The number of oxazole rings is 1. The van der Waals surface area contributed by atoms with Crippen molar-refractivity contribution in [3.8, 4) is 23.0 Å². The molecule has 0 radical (unpaired) electrons. The minimum absolute atomic E-state index is 0.00853. The van der Waals surface area contributed by atoms with E-state index in [0.29, 0.717) is 24.7 Å². The number of benzene rings is 2. The van der Waals surface area contributed by atoms with Crippen molar-refractivity contribution in [2.24, 2.45) is 0 Å². The molecule has 0 aliphatic rings. The summed E-state index contributed by atoms with van der Waals surface area (Å²) in [5, 5.41) is 0. The summed E-state index contributed by atoms with van der Waals surface area (Å²) in [4.78, 5) is 16.5. The molecule has 170 valence electrons. The molecule has 0 aliphatic carbocycles. The van der Waals surface area contributed by atoms with Crippen molar-refractivity contribution in [3.05, 3.63) is 65.5 Å². The lowest BCUT2D eigenvalue weighted by atomic mass is 10.0. The van der Waals surface area contributed by atoms with Crippen LogP contribution in [0.5, 0.6) is 11.5 Å². The third-order valence-electron chi connectivity index (χ3n) is 5.56. The number of carbonyl (C=O) groups excluding carboxylic acids is 1. The largest absolute Gasteiger partial charge is 0.493 e. The molecule has 0 amide bonds. The first-order valence-electron chi connectivity index (χ1n) is 11.3. The topological polar surface area (TPSA) is 61.6 Å². The van der Waals surface area contributed by atoms with Crippen molar-refractivity contribution >= 4 is 5.78 Å². The van der Waals surface area contributed by atoms with Crippen LogP contribution in [-0.2, 0) is 17.6 Å². The van der Waals surface area contributed by atoms with Crippen molar-refractivity contribution in [3.63, 3.8) is 0 Å². The first-order chi connectivity index (χ1) is 15.3. The van der Waals surface area contributed by atoms with Crippen molar-refractivity contribution in [2.75, 3.05) is 6.61 Å². The van der Waals surface area contributed by atoms with Crippen LogP contribution in [-0.4, -0.2) is 23.0 Å². The van der Waals surface area contributed by atoms with Gasteiger partial charge in [0.1, 0.15) is 17.3 Å². The van der Waals surface area contributed by atoms with Crippen molar-refractivity contribution in [1.82, 2.24) is 4.98 Å². The van der Waals surface area contributed by atoms with Crippen LogP contribution in [0.15, 0.2) is 52.9 Å². The highest BCUT2D eigenvalue weighted by Crippen LogP contribution is 2.29. The zero-order chi connectivity index (χ0) is 23.1. The Morgan fingerprint density at radius 2 is 1.84 bits per heavy atom. The summed E-state index contributed by atoms with van der Waals surface area (Å²) in [5.74, 6) is 2.97. The molecule has 32 heavy (non-hydrogen) atoms. The molecule has 5 heteroatoms. The number of hydrogen-bond acceptors (Lipinski definition) is 5. The molecule has 3 aromatic rings. The average molecular weight is 436 g/mol. The molecule has 0 atom stereocenters. The first-order valence-corrected chi connectivity index (χ1v) is 11.3. The van der Waals surface area contributed by atoms with Gasteiger partial charge in [-0.25, -0.2) is 4.98 Å². The second kappa shape index (κ2) is 10.5. The molecule has 1 heterocycles. The van der Waals surface area contributed by atoms with Gasteiger partial charge in [0.25, 0.3) is 0 Å². The first kappa shape index (κ1) is 23.6. The maximum atomic E-state index is 11.8. The third-order valence-corrected chi connectivity index (χ3v) is 5.56. The summed E-state index contributed by atoms with van der Waals surface area (Å²) in [6.07, 6.45) is 3.69. The quantitative estimate of drug-likeness (QED) is 0.351. The van der Waals surface area contributed by atoms with E-state index in [9.17, 15) is 4.79 Å². The zero-order valence-corrected chi connectivity index (χ0v) is 19.7. The Hall–Kier alpha value is -3.08. The highest BCUT2D eigenvalue weighted by Gasteiger charge is 2.26. The van der Waals surface area contributed by atoms with Crippen LogP contribution < -0.4 is 9.47 Å². The fraction of sp³-hybridized carbons (Fsp3) is 0.407. The van der Waals surface area contributed by atoms with Crippen LogP contribution in [0.4, 0.5) is 0 Å². The SMILES string of the molecule is CCCCc1cc(OC(C)(C)C(C)=O)ccc1OCCc1nc(-c2ccccc2)oc1C. The number of unbranched alkanes of at least 4 members (excludes halogenated alkanes) is 1. The van der Waals surface area contributed by atoms with Crippen molar-refractivity contribution < 1.29 is 18.7 Å². The van der Waals surface area contributed by atoms with Crippen LogP contribution in [0.1, 0.15) is 57.6 Å². The second-order valence-electron chi connectivity index (χ2n) is 8.53. The Bertz CT molecular complexity index is 1040. The zero-order valence-electron chi connectivity index (χ0n) is 19.7. The van der Waals surface area contributed by atoms with E-state index in [1.165, 1.54) is 0 Å². The van der Waals surface area contributed by atoms with E-state index in [1.54, 1.807) is 20.8 Å². The van der Waals surface area contributed by atoms with Gasteiger partial charge in [0.05, 0.1) is 12.3 Å². The number of rotatable bonds is 11. The maximum absolute atomic E-state index is 11.8. The molecule has 0 aliphatic heterocycles. The van der Waals surface area contributed by atoms with Gasteiger partial charge in [-0.3, -0.25) is 4.79 Å². The van der Waals surface area contributed by atoms with Crippen LogP contribution in [0.3, 0.4) is 0 Å². The lowest BCUT2D eigenvalue weighted by Gasteiger charge is -2.24. The lowest BCUT2D eigenvalue weighted by molar-refractivity contribution is -0.129. The summed E-state index contributed by atoms with van der Waals surface area (Å²) in [6, 6.07) is 15.7. The van der Waals surface area contributed by atoms with Gasteiger partial charge in [0.15, 0.2) is 11.4 Å². The summed E-state index contributed by atoms with van der Waals surface area (Å²) >= 11 is 0. The Kier molecular flexibility index (Phi) is 7.73. The van der Waals surface area contributed by atoms with Gasteiger partial charge in [-0.15, -0.1) is 0 Å². The monoisotopic (exact) mass is 435 g/mol. The van der Waals surface area contributed by atoms with Gasteiger partial charge >= 0.3 is 0 Å². The third kappa shape index (κ3) is 6.00. The molecule has 0 bridgehead atoms. The number of ketones is 1. The fourth-order valence-electron chi connectivity index (χ4n) is 3.31. The Morgan fingerprint density at radius 1 is 1.09 bits per heavy atom. The molecular weight excluding hydrogens is 402 g/mol. The Morgan fingerprint density at radius 3 is 2.53 bits per heavy atom. The number of Topliss-reactive ketones (excluding diaryl/α,β-unsaturated/α-hetero) is 1. The minimum Gasteiger partial charge on any atom is -0.493 e. The van der Waals surface area contributed by atoms with Crippen LogP contribution in [0.25, 0.3) is 11.5 Å². The van der Waals surface area contributed by atoms with Gasteiger partial charge < -0.3 is 13.9 Å². The van der Waals surface area contributed by atoms with Crippen LogP contribution in [0, 0.1) is 6.92 Å². The van der Waals surface area contributed by atoms with Crippen LogP contribution >= 0.6 is 0 Å². The summed E-state index contributed by atoms with van der Waals surface area (Å²) in [5.41, 5.74) is 2.10. The predicted octanol–water partition coefficient (Wildman–Crippen LogP) is 6.36. The van der Waals surface area contributed by atoms with E-state index in [0.717, 1.165) is 47.6 Å². The predicted molar refractivity (Wildman–Crippen MR) is 126 cm³/mol. The van der Waals surface area contributed by atoms with Gasteiger partial charge in [0.2, 0.25) is 5.89 Å². The number of hydrogen-bond donors (Lipinski definition) is 0. The number of carbonyl (C=O) groups is 1. The molecule has 0 spiro atoms. The van der Waals surface area contributed by atoms with Crippen molar-refractivity contribution in [1.29, 1.82) is 0 Å². The number of aryl methyl sites for hydroxylation is 2. The molecule has 3 rings (SSSR count). The van der Waals surface area contributed by atoms with E-state index >= 15 is 0 Å². The molecule has 0 saturated heterocycles. The molecule has 0 saturated carbocycles. The van der Waals surface area contributed by atoms with E-state index in [1.807, 2.05) is 55.5 Å². The number of aromatic nitrogens is 1. The molecule has 2 aromatic carbocycles.